The predicted octanol–water partition coefficient (Wildman–Crippen LogP) is 3.72. The lowest BCUT2D eigenvalue weighted by Gasteiger charge is -2.29. The van der Waals surface area contributed by atoms with Crippen LogP contribution in [0.15, 0.2) is 41.3 Å². The molecule has 1 aliphatic rings. The Hall–Kier alpha value is -2.04. The van der Waals surface area contributed by atoms with Crippen LogP contribution in [0.1, 0.15) is 21.5 Å². The van der Waals surface area contributed by atoms with Gasteiger partial charge in [0.25, 0.3) is 5.91 Å². The van der Waals surface area contributed by atoms with Gasteiger partial charge in [0.05, 0.1) is 28.3 Å². The van der Waals surface area contributed by atoms with Crippen molar-refractivity contribution >= 4 is 54.8 Å². The molecule has 1 fully saturated rings. The second kappa shape index (κ2) is 10.5. The number of fused-ring (bicyclic) bond motifs is 1. The van der Waals surface area contributed by atoms with Crippen molar-refractivity contribution in [2.75, 3.05) is 50.5 Å². The van der Waals surface area contributed by atoms with Gasteiger partial charge in [-0.15, -0.1) is 12.4 Å². The fraction of sp³-hybridized carbons (Fsp3) is 0.391. The van der Waals surface area contributed by atoms with Crippen molar-refractivity contribution in [3.05, 3.63) is 53.1 Å². The minimum atomic E-state index is -3.32. The summed E-state index contributed by atoms with van der Waals surface area (Å²) in [6.45, 7) is 8.28. The highest BCUT2D eigenvalue weighted by Gasteiger charge is 2.23. The molecule has 0 saturated carbocycles. The van der Waals surface area contributed by atoms with Crippen LogP contribution in [0.25, 0.3) is 10.2 Å². The number of hydrogen-bond donors (Lipinski definition) is 0. The van der Waals surface area contributed by atoms with Crippen LogP contribution in [0.2, 0.25) is 0 Å². The minimum Gasteiger partial charge on any atom is -0.379 e. The number of thiazole rings is 1. The molecule has 3 aromatic rings. The third kappa shape index (κ3) is 5.91. The molecule has 33 heavy (non-hydrogen) atoms. The second-order valence-electron chi connectivity index (χ2n) is 8.11. The van der Waals surface area contributed by atoms with Crippen molar-refractivity contribution in [3.63, 3.8) is 0 Å². The molecule has 1 amide bonds. The molecular weight excluding hydrogens is 482 g/mol. The van der Waals surface area contributed by atoms with Gasteiger partial charge in [-0.25, -0.2) is 13.4 Å². The lowest BCUT2D eigenvalue weighted by atomic mass is 10.1. The van der Waals surface area contributed by atoms with Crippen LogP contribution >= 0.6 is 23.7 Å². The molecule has 2 heterocycles. The largest absolute Gasteiger partial charge is 0.379 e. The third-order valence-corrected chi connectivity index (χ3v) is 7.90. The number of nitrogens with zero attached hydrogens (tertiary/aromatic N) is 3. The number of benzene rings is 2. The van der Waals surface area contributed by atoms with Crippen molar-refractivity contribution < 1.29 is 17.9 Å². The van der Waals surface area contributed by atoms with Gasteiger partial charge in [0.15, 0.2) is 15.0 Å². The number of anilines is 1. The average Bonchev–Trinajstić information content (AvgIpc) is 3.19. The smallest absolute Gasteiger partial charge is 0.260 e. The summed E-state index contributed by atoms with van der Waals surface area (Å²) in [5.74, 6) is -0.108. The average molecular weight is 510 g/mol. The molecule has 0 spiro atoms. The Morgan fingerprint density at radius 2 is 1.85 bits per heavy atom. The fourth-order valence-corrected chi connectivity index (χ4v) is 5.37. The number of aromatic nitrogens is 1. The molecule has 0 bridgehead atoms. The second-order valence-corrected chi connectivity index (χ2v) is 11.1. The van der Waals surface area contributed by atoms with Crippen LogP contribution in [0.3, 0.4) is 0 Å². The number of aryl methyl sites for hydroxylation is 2. The van der Waals surface area contributed by atoms with Crippen molar-refractivity contribution in [3.8, 4) is 0 Å². The first-order valence-corrected chi connectivity index (χ1v) is 13.2. The van der Waals surface area contributed by atoms with E-state index >= 15 is 0 Å². The molecule has 0 N–H and O–H groups in total. The van der Waals surface area contributed by atoms with E-state index in [4.69, 9.17) is 4.74 Å². The van der Waals surface area contributed by atoms with E-state index in [0.717, 1.165) is 28.9 Å². The van der Waals surface area contributed by atoms with Gasteiger partial charge in [0, 0.05) is 38.0 Å². The molecule has 1 aliphatic heterocycles. The van der Waals surface area contributed by atoms with Crippen molar-refractivity contribution in [1.29, 1.82) is 0 Å². The van der Waals surface area contributed by atoms with Gasteiger partial charge in [0.1, 0.15) is 0 Å². The normalized spacial score (nSPS) is 14.8. The number of sulfone groups is 1. The minimum absolute atomic E-state index is 0. The number of carbonyl (C=O) groups excluding carboxylic acids is 1. The first kappa shape index (κ1) is 25.6. The monoisotopic (exact) mass is 509 g/mol. The number of hydrogen-bond acceptors (Lipinski definition) is 7. The zero-order valence-electron chi connectivity index (χ0n) is 18.9. The summed E-state index contributed by atoms with van der Waals surface area (Å²) in [7, 11) is -3.32. The van der Waals surface area contributed by atoms with E-state index in [-0.39, 0.29) is 23.2 Å². The van der Waals surface area contributed by atoms with Gasteiger partial charge in [-0.05, 0) is 55.3 Å². The van der Waals surface area contributed by atoms with Gasteiger partial charge >= 0.3 is 0 Å². The number of carbonyl (C=O) groups is 1. The summed E-state index contributed by atoms with van der Waals surface area (Å²) in [4.78, 5) is 22.5. The van der Waals surface area contributed by atoms with Crippen LogP contribution in [-0.4, -0.2) is 69.9 Å². The van der Waals surface area contributed by atoms with Gasteiger partial charge in [0.2, 0.25) is 0 Å². The van der Waals surface area contributed by atoms with Crippen LogP contribution in [0.5, 0.6) is 0 Å². The van der Waals surface area contributed by atoms with E-state index in [1.807, 2.05) is 32.0 Å². The molecule has 0 aliphatic carbocycles. The Morgan fingerprint density at radius 3 is 2.52 bits per heavy atom. The summed E-state index contributed by atoms with van der Waals surface area (Å²) in [6.07, 6.45) is 1.19. The Bertz CT molecular complexity index is 1250. The van der Waals surface area contributed by atoms with E-state index < -0.39 is 9.84 Å². The number of halogens is 1. The summed E-state index contributed by atoms with van der Waals surface area (Å²) in [5, 5.41) is 0.571. The lowest BCUT2D eigenvalue weighted by molar-refractivity contribution is 0.0391. The van der Waals surface area contributed by atoms with E-state index in [0.29, 0.717) is 42.5 Å². The maximum Gasteiger partial charge on any atom is 0.260 e. The zero-order chi connectivity index (χ0) is 22.9. The Kier molecular flexibility index (Phi) is 8.13. The summed E-state index contributed by atoms with van der Waals surface area (Å²) in [6, 6.07) is 10.6. The van der Waals surface area contributed by atoms with Crippen LogP contribution in [-0.2, 0) is 14.6 Å². The first-order chi connectivity index (χ1) is 15.2. The van der Waals surface area contributed by atoms with Crippen molar-refractivity contribution in [2.45, 2.75) is 18.7 Å². The molecule has 178 valence electrons. The Morgan fingerprint density at radius 1 is 1.12 bits per heavy atom. The molecule has 1 aromatic heterocycles. The maximum absolute atomic E-state index is 13.5. The molecule has 2 aromatic carbocycles. The molecule has 10 heteroatoms. The third-order valence-electron chi connectivity index (χ3n) is 5.75. The van der Waals surface area contributed by atoms with E-state index in [2.05, 4.69) is 9.88 Å². The highest BCUT2D eigenvalue weighted by atomic mass is 35.5. The molecule has 0 radical (unpaired) electrons. The summed E-state index contributed by atoms with van der Waals surface area (Å²) in [5.41, 5.74) is 3.49. The first-order valence-electron chi connectivity index (χ1n) is 10.5. The zero-order valence-corrected chi connectivity index (χ0v) is 21.4. The van der Waals surface area contributed by atoms with Gasteiger partial charge in [-0.1, -0.05) is 17.4 Å². The molecule has 7 nitrogen and oxygen atoms in total. The number of rotatable bonds is 6. The summed E-state index contributed by atoms with van der Waals surface area (Å²) < 4.78 is 30.1. The SMILES string of the molecule is Cc1ccc(C(=O)N(CCN2CCOCC2)c2nc3ccc(S(C)(=O)=O)cc3s2)cc1C.Cl. The number of amides is 1. The molecule has 4 rings (SSSR count). The van der Waals surface area contributed by atoms with E-state index in [9.17, 15) is 13.2 Å². The molecular formula is C23H28ClN3O4S2. The highest BCUT2D eigenvalue weighted by Crippen LogP contribution is 2.31. The standard InChI is InChI=1S/C23H27N3O4S2.ClH/c1-16-4-5-18(14-17(16)2)22(27)26(9-8-25-10-12-30-13-11-25)23-24-20-7-6-19(32(3,28)29)15-21(20)31-23;/h4-7,14-15H,8-13H2,1-3H3;1H. The topological polar surface area (TPSA) is 79.8 Å². The quantitative estimate of drug-likeness (QED) is 0.504. The number of morpholine rings is 1. The highest BCUT2D eigenvalue weighted by molar-refractivity contribution is 7.90. The van der Waals surface area contributed by atoms with Gasteiger partial charge in [-0.2, -0.15) is 0 Å². The van der Waals surface area contributed by atoms with Crippen LogP contribution < -0.4 is 4.90 Å². The lowest BCUT2D eigenvalue weighted by Crippen LogP contribution is -2.43. The predicted molar refractivity (Wildman–Crippen MR) is 135 cm³/mol. The van der Waals surface area contributed by atoms with E-state index in [1.165, 1.54) is 17.6 Å². The fourth-order valence-electron chi connectivity index (χ4n) is 3.62. The maximum atomic E-state index is 13.5. The molecule has 1 saturated heterocycles. The Labute approximate surface area is 204 Å². The van der Waals surface area contributed by atoms with Crippen LogP contribution in [0, 0.1) is 13.8 Å². The molecule has 0 unspecified atom stereocenters. The van der Waals surface area contributed by atoms with E-state index in [1.54, 1.807) is 23.1 Å². The molecule has 0 atom stereocenters. The van der Waals surface area contributed by atoms with Crippen molar-refractivity contribution in [2.24, 2.45) is 0 Å². The number of ether oxygens (including phenoxy) is 1. The summed E-state index contributed by atoms with van der Waals surface area (Å²) >= 11 is 1.34. The van der Waals surface area contributed by atoms with Crippen molar-refractivity contribution in [1.82, 2.24) is 9.88 Å². The Balaban J connectivity index is 0.00000306. The van der Waals surface area contributed by atoms with Gasteiger partial charge < -0.3 is 4.74 Å². The van der Waals surface area contributed by atoms with Gasteiger partial charge in [-0.3, -0.25) is 14.6 Å². The van der Waals surface area contributed by atoms with Crippen LogP contribution in [0.4, 0.5) is 5.13 Å².